The van der Waals surface area contributed by atoms with Gasteiger partial charge in [-0.05, 0) is 44.2 Å². The Labute approximate surface area is 147 Å². The fourth-order valence-corrected chi connectivity index (χ4v) is 5.01. The maximum absolute atomic E-state index is 4.60. The second kappa shape index (κ2) is 7.77. The van der Waals surface area contributed by atoms with Crippen LogP contribution in [-0.2, 0) is 13.0 Å². The highest BCUT2D eigenvalue weighted by Gasteiger charge is 2.25. The summed E-state index contributed by atoms with van der Waals surface area (Å²) < 4.78 is 0. The average molecular weight is 358 g/mol. The Morgan fingerprint density at radius 3 is 2.86 bits per heavy atom. The maximum atomic E-state index is 4.60. The predicted octanol–water partition coefficient (Wildman–Crippen LogP) is 4.59. The number of rotatable bonds is 5. The van der Waals surface area contributed by atoms with Gasteiger partial charge in [0.1, 0.15) is 0 Å². The summed E-state index contributed by atoms with van der Waals surface area (Å²) in [7, 11) is 0. The molecule has 2 aromatic heterocycles. The van der Waals surface area contributed by atoms with Crippen molar-refractivity contribution >= 4 is 40.2 Å². The zero-order valence-electron chi connectivity index (χ0n) is 13.4. The van der Waals surface area contributed by atoms with E-state index in [4.69, 9.17) is 0 Å². The molecule has 0 aromatic carbocycles. The molecule has 122 valence electrons. The molecule has 0 radical (unpaired) electrons. The van der Waals surface area contributed by atoms with Gasteiger partial charge in [-0.15, -0.1) is 35.1 Å². The summed E-state index contributed by atoms with van der Waals surface area (Å²) in [4.78, 5) is 12.5. The fourth-order valence-electron chi connectivity index (χ4n) is 2.99. The van der Waals surface area contributed by atoms with E-state index < -0.39 is 0 Å². The van der Waals surface area contributed by atoms with E-state index in [0.29, 0.717) is 6.04 Å². The fraction of sp³-hybridized carbons (Fsp3) is 0.562. The molecule has 3 heterocycles. The number of aromatic nitrogens is 1. The molecule has 0 spiro atoms. The van der Waals surface area contributed by atoms with Crippen molar-refractivity contribution in [3.05, 3.63) is 33.0 Å². The van der Waals surface area contributed by atoms with E-state index in [0.717, 1.165) is 31.3 Å². The van der Waals surface area contributed by atoms with Crippen molar-refractivity contribution in [3.8, 4) is 0 Å². The van der Waals surface area contributed by atoms with E-state index in [-0.39, 0.29) is 12.4 Å². The monoisotopic (exact) mass is 357 g/mol. The van der Waals surface area contributed by atoms with Crippen molar-refractivity contribution < 1.29 is 0 Å². The lowest BCUT2D eigenvalue weighted by Gasteiger charge is -2.33. The molecule has 3 nitrogen and oxygen atoms in total. The zero-order valence-corrected chi connectivity index (χ0v) is 15.9. The van der Waals surface area contributed by atoms with E-state index in [1.165, 1.54) is 16.9 Å². The van der Waals surface area contributed by atoms with Crippen LogP contribution in [0.25, 0.3) is 0 Å². The molecule has 0 bridgehead atoms. The van der Waals surface area contributed by atoms with Crippen molar-refractivity contribution in [2.75, 3.05) is 24.5 Å². The number of fused-ring (bicyclic) bond motifs is 1. The van der Waals surface area contributed by atoms with Crippen molar-refractivity contribution in [1.82, 2.24) is 9.88 Å². The average Bonchev–Trinajstić information content (AvgIpc) is 3.13. The SMILES string of the molecule is CCN(CC)c1ncc(CN2CCc3sccc3C2C)s1.Cl. The lowest BCUT2D eigenvalue weighted by atomic mass is 10.0. The molecule has 1 unspecified atom stereocenters. The second-order valence-corrected chi connectivity index (χ2v) is 7.57. The van der Waals surface area contributed by atoms with Crippen molar-refractivity contribution in [2.24, 2.45) is 0 Å². The van der Waals surface area contributed by atoms with Crippen LogP contribution < -0.4 is 4.90 Å². The third-order valence-corrected chi connectivity index (χ3v) is 6.38. The molecule has 0 aliphatic carbocycles. The molecule has 1 atom stereocenters. The van der Waals surface area contributed by atoms with Crippen LogP contribution in [0, 0.1) is 0 Å². The van der Waals surface area contributed by atoms with Crippen LogP contribution in [0.5, 0.6) is 0 Å². The minimum absolute atomic E-state index is 0. The summed E-state index contributed by atoms with van der Waals surface area (Å²) in [6.45, 7) is 11.0. The number of thiazole rings is 1. The van der Waals surface area contributed by atoms with Gasteiger partial charge >= 0.3 is 0 Å². The molecule has 0 saturated carbocycles. The topological polar surface area (TPSA) is 19.4 Å². The lowest BCUT2D eigenvalue weighted by Crippen LogP contribution is -2.32. The molecule has 1 aliphatic rings. The summed E-state index contributed by atoms with van der Waals surface area (Å²) in [6, 6.07) is 2.82. The Bertz CT molecular complexity index is 592. The van der Waals surface area contributed by atoms with Crippen molar-refractivity contribution in [1.29, 1.82) is 0 Å². The van der Waals surface area contributed by atoms with Crippen LogP contribution in [0.15, 0.2) is 17.6 Å². The minimum Gasteiger partial charge on any atom is -0.349 e. The largest absolute Gasteiger partial charge is 0.349 e. The number of nitrogens with zero attached hydrogens (tertiary/aromatic N) is 3. The standard InChI is InChI=1S/C16H23N3S2.ClH/c1-4-18(5-2)16-17-10-13(21-16)11-19-8-6-15-14(12(19)3)7-9-20-15;/h7,9-10,12H,4-6,8,11H2,1-3H3;1H. The third-order valence-electron chi connectivity index (χ3n) is 4.34. The third kappa shape index (κ3) is 3.48. The predicted molar refractivity (Wildman–Crippen MR) is 99.8 cm³/mol. The molecule has 3 rings (SSSR count). The van der Waals surface area contributed by atoms with Crippen LogP contribution in [0.2, 0.25) is 0 Å². The molecule has 0 amide bonds. The number of thiophene rings is 1. The Morgan fingerprint density at radius 1 is 1.36 bits per heavy atom. The summed E-state index contributed by atoms with van der Waals surface area (Å²) in [5.74, 6) is 0. The van der Waals surface area contributed by atoms with Gasteiger partial charge in [-0.1, -0.05) is 0 Å². The number of hydrogen-bond acceptors (Lipinski definition) is 5. The summed E-state index contributed by atoms with van der Waals surface area (Å²) in [6.07, 6.45) is 3.26. The van der Waals surface area contributed by atoms with Crippen molar-refractivity contribution in [3.63, 3.8) is 0 Å². The highest BCUT2D eigenvalue weighted by atomic mass is 35.5. The molecule has 2 aromatic rings. The number of hydrogen-bond donors (Lipinski definition) is 0. The molecule has 0 saturated heterocycles. The highest BCUT2D eigenvalue weighted by molar-refractivity contribution is 7.15. The van der Waals surface area contributed by atoms with Gasteiger partial charge in [-0.3, -0.25) is 4.90 Å². The van der Waals surface area contributed by atoms with Crippen LogP contribution in [0.1, 0.15) is 42.1 Å². The van der Waals surface area contributed by atoms with Crippen LogP contribution in [0.4, 0.5) is 5.13 Å². The van der Waals surface area contributed by atoms with Crippen LogP contribution in [-0.4, -0.2) is 29.5 Å². The van der Waals surface area contributed by atoms with E-state index >= 15 is 0 Å². The normalized spacial score (nSPS) is 17.9. The first-order valence-electron chi connectivity index (χ1n) is 7.72. The number of anilines is 1. The van der Waals surface area contributed by atoms with E-state index in [9.17, 15) is 0 Å². The van der Waals surface area contributed by atoms with Crippen molar-refractivity contribution in [2.45, 2.75) is 39.8 Å². The first-order valence-corrected chi connectivity index (χ1v) is 9.42. The summed E-state index contributed by atoms with van der Waals surface area (Å²) >= 11 is 3.75. The Balaban J connectivity index is 0.00000176. The number of halogens is 1. The quantitative estimate of drug-likeness (QED) is 0.780. The molecule has 0 fully saturated rings. The Morgan fingerprint density at radius 2 is 2.14 bits per heavy atom. The van der Waals surface area contributed by atoms with Gasteiger partial charge in [0.05, 0.1) is 0 Å². The molecular formula is C16H24ClN3S2. The van der Waals surface area contributed by atoms with Crippen LogP contribution in [0.3, 0.4) is 0 Å². The highest BCUT2D eigenvalue weighted by Crippen LogP contribution is 2.34. The van der Waals surface area contributed by atoms with E-state index in [2.05, 4.69) is 53.2 Å². The Hall–Kier alpha value is -0.620. The van der Waals surface area contributed by atoms with Gasteiger partial charge in [0.15, 0.2) is 5.13 Å². The van der Waals surface area contributed by atoms with E-state index in [1.807, 2.05) is 22.7 Å². The second-order valence-electron chi connectivity index (χ2n) is 5.48. The van der Waals surface area contributed by atoms with Gasteiger partial charge in [-0.2, -0.15) is 0 Å². The molecule has 0 N–H and O–H groups in total. The van der Waals surface area contributed by atoms with Crippen LogP contribution >= 0.6 is 35.1 Å². The zero-order chi connectivity index (χ0) is 14.8. The van der Waals surface area contributed by atoms with E-state index in [1.54, 1.807) is 4.88 Å². The first-order chi connectivity index (χ1) is 10.2. The minimum atomic E-state index is 0. The first kappa shape index (κ1) is 17.7. The molecule has 1 aliphatic heterocycles. The van der Waals surface area contributed by atoms with Gasteiger partial charge in [0.2, 0.25) is 0 Å². The summed E-state index contributed by atoms with van der Waals surface area (Å²) in [5, 5.41) is 3.39. The molecule has 6 heteroatoms. The summed E-state index contributed by atoms with van der Waals surface area (Å²) in [5.41, 5.74) is 1.53. The van der Waals surface area contributed by atoms with Gasteiger partial charge in [0, 0.05) is 48.2 Å². The van der Waals surface area contributed by atoms with Gasteiger partial charge < -0.3 is 4.90 Å². The van der Waals surface area contributed by atoms with Gasteiger partial charge in [-0.25, -0.2) is 4.98 Å². The lowest BCUT2D eigenvalue weighted by molar-refractivity contribution is 0.193. The molecule has 22 heavy (non-hydrogen) atoms. The van der Waals surface area contributed by atoms with Gasteiger partial charge in [0.25, 0.3) is 0 Å². The smallest absolute Gasteiger partial charge is 0.185 e. The molecular weight excluding hydrogens is 334 g/mol. The Kier molecular flexibility index (Phi) is 6.26. The maximum Gasteiger partial charge on any atom is 0.185 e.